The molecule has 0 radical (unpaired) electrons. The van der Waals surface area contributed by atoms with Crippen molar-refractivity contribution >= 4 is 33.9 Å². The van der Waals surface area contributed by atoms with E-state index in [0.29, 0.717) is 79.8 Å². The lowest BCUT2D eigenvalue weighted by atomic mass is 9.98. The predicted molar refractivity (Wildman–Crippen MR) is 258 cm³/mol. The zero-order valence-electron chi connectivity index (χ0n) is 39.0. The van der Waals surface area contributed by atoms with Crippen molar-refractivity contribution < 1.29 is 38.4 Å². The Labute approximate surface area is 399 Å². The molecule has 0 saturated carbocycles. The average molecular weight is 939 g/mol. The van der Waals surface area contributed by atoms with Crippen molar-refractivity contribution in [3.63, 3.8) is 0 Å². The predicted octanol–water partition coefficient (Wildman–Crippen LogP) is 5.39. The van der Waals surface area contributed by atoms with E-state index < -0.39 is 11.4 Å². The number of carbonyl (C=O) groups excluding carboxylic acids is 1. The highest BCUT2D eigenvalue weighted by Gasteiger charge is 2.40. The summed E-state index contributed by atoms with van der Waals surface area (Å²) in [5, 5.41) is 13.5. The number of hydrogen-bond acceptors (Lipinski definition) is 12. The van der Waals surface area contributed by atoms with Crippen molar-refractivity contribution in [2.45, 2.75) is 108 Å². The molecule has 4 fully saturated rings. The molecule has 360 valence electrons. The maximum Gasteiger partial charge on any atom is 0.341 e. The summed E-state index contributed by atoms with van der Waals surface area (Å²) in [5.74, 6) is -0.478. The van der Waals surface area contributed by atoms with E-state index in [0.717, 1.165) is 38.9 Å². The Hall–Kier alpha value is -6.46. The quantitative estimate of drug-likeness (QED) is 0.198. The first-order valence-electron chi connectivity index (χ1n) is 24.2. The van der Waals surface area contributed by atoms with Crippen molar-refractivity contribution in [1.29, 1.82) is 0 Å². The number of amides is 1. The Morgan fingerprint density at radius 2 is 1.07 bits per heavy atom. The number of piperidine rings is 1. The third-order valence-electron chi connectivity index (χ3n) is 14.0. The Morgan fingerprint density at radius 3 is 1.49 bits per heavy atom. The Bertz CT molecular complexity index is 2920. The van der Waals surface area contributed by atoms with Crippen molar-refractivity contribution in [2.24, 2.45) is 0 Å². The van der Waals surface area contributed by atoms with E-state index in [9.17, 15) is 24.3 Å². The van der Waals surface area contributed by atoms with E-state index in [2.05, 4.69) is 39.6 Å². The second-order valence-corrected chi connectivity index (χ2v) is 18.7. The van der Waals surface area contributed by atoms with Crippen LogP contribution in [0.4, 0.5) is 0 Å². The summed E-state index contributed by atoms with van der Waals surface area (Å²) < 4.78 is 32.4. The van der Waals surface area contributed by atoms with Crippen molar-refractivity contribution in [3.8, 4) is 11.5 Å². The van der Waals surface area contributed by atoms with Gasteiger partial charge in [-0.25, -0.2) is 14.8 Å². The molecule has 2 atom stereocenters. The zero-order chi connectivity index (χ0) is 47.6. The molecule has 2 aromatic carbocycles. The first-order chi connectivity index (χ1) is 33.6. The molecule has 2 aliphatic carbocycles. The third kappa shape index (κ3) is 9.76. The van der Waals surface area contributed by atoms with Crippen LogP contribution in [0.1, 0.15) is 76.1 Å². The van der Waals surface area contributed by atoms with E-state index in [1.165, 1.54) is 47.7 Å². The largest absolute Gasteiger partial charge is 0.488 e. The number of hydrogen-bond donors (Lipinski definition) is 2. The van der Waals surface area contributed by atoms with Gasteiger partial charge in [0, 0.05) is 63.3 Å². The van der Waals surface area contributed by atoms with Crippen LogP contribution in [0.25, 0.3) is 22.1 Å². The molecule has 0 spiro atoms. The highest BCUT2D eigenvalue weighted by Crippen LogP contribution is 2.29. The van der Waals surface area contributed by atoms with Gasteiger partial charge in [0.25, 0.3) is 5.91 Å². The minimum absolute atomic E-state index is 0.00240. The second kappa shape index (κ2) is 20.2. The normalized spacial score (nSPS) is 21.6. The highest BCUT2D eigenvalue weighted by atomic mass is 16.5. The molecule has 4 bridgehead atoms. The topological polar surface area (TPSA) is 186 Å². The molecule has 16 nitrogen and oxygen atoms in total. The van der Waals surface area contributed by atoms with Crippen LogP contribution < -0.4 is 25.6 Å². The van der Waals surface area contributed by atoms with E-state index in [1.54, 1.807) is 40.2 Å². The lowest BCUT2D eigenvalue weighted by Gasteiger charge is -2.45. The Balaban J connectivity index is 0.000000139. The van der Waals surface area contributed by atoms with Gasteiger partial charge in [0.2, 0.25) is 10.9 Å². The van der Waals surface area contributed by atoms with Crippen molar-refractivity contribution in [3.05, 3.63) is 139 Å². The summed E-state index contributed by atoms with van der Waals surface area (Å²) in [6.07, 6.45) is 13.5. The zero-order valence-corrected chi connectivity index (χ0v) is 39.0. The molecule has 12 rings (SSSR count). The number of carbonyl (C=O) groups is 2. The Morgan fingerprint density at radius 1 is 0.652 bits per heavy atom. The van der Waals surface area contributed by atoms with Crippen molar-refractivity contribution in [1.82, 2.24) is 29.3 Å². The lowest BCUT2D eigenvalue weighted by Crippen LogP contribution is -2.62. The van der Waals surface area contributed by atoms with Crippen LogP contribution in [0.2, 0.25) is 0 Å². The summed E-state index contributed by atoms with van der Waals surface area (Å²) >= 11 is 0. The van der Waals surface area contributed by atoms with Crippen LogP contribution in [0, 0.1) is 0 Å². The van der Waals surface area contributed by atoms with Crippen LogP contribution in [0.15, 0.2) is 95.0 Å². The molecule has 2 N–H and O–H groups in total. The number of morpholine rings is 3. The number of nitrogens with one attached hydrogen (secondary N) is 1. The monoisotopic (exact) mass is 938 g/mol. The van der Waals surface area contributed by atoms with E-state index in [-0.39, 0.29) is 52.1 Å². The number of aryl methyl sites for hydroxylation is 2. The number of nitrogens with zero attached hydrogens (tertiary/aromatic N) is 5. The second-order valence-electron chi connectivity index (χ2n) is 18.7. The maximum absolute atomic E-state index is 13.6. The summed E-state index contributed by atoms with van der Waals surface area (Å²) in [4.78, 5) is 61.7. The smallest absolute Gasteiger partial charge is 0.341 e. The van der Waals surface area contributed by atoms with Gasteiger partial charge in [-0.05, 0) is 61.1 Å². The summed E-state index contributed by atoms with van der Waals surface area (Å²) in [6.45, 7) is 8.50. The van der Waals surface area contributed by atoms with Gasteiger partial charge < -0.3 is 48.1 Å². The van der Waals surface area contributed by atoms with E-state index >= 15 is 0 Å². The SMILES string of the molecule is C1CC2COCC(C1)N2.CCn1cc(C(=O)N2C3COCC2COC3)c(=O)c2cc(OC3Cc4ccccc4C3)cnc21.CCn1cc(C(=O)O)c(=O)c2cc(OC3Cc4ccccc4C3)cnc21. The summed E-state index contributed by atoms with van der Waals surface area (Å²) in [6, 6.07) is 20.9. The third-order valence-corrected chi connectivity index (χ3v) is 14.0. The molecule has 6 aliphatic rings. The van der Waals surface area contributed by atoms with E-state index in [1.807, 2.05) is 42.7 Å². The van der Waals surface area contributed by atoms with Crippen LogP contribution in [0.3, 0.4) is 0 Å². The van der Waals surface area contributed by atoms with Gasteiger partial charge in [-0.15, -0.1) is 0 Å². The fourth-order valence-corrected chi connectivity index (χ4v) is 10.6. The first-order valence-corrected chi connectivity index (χ1v) is 24.2. The first kappa shape index (κ1) is 46.3. The minimum atomic E-state index is -1.24. The average Bonchev–Trinajstić information content (AvgIpc) is 3.97. The molecular formula is C53H58N6O10. The maximum atomic E-state index is 13.6. The number of ether oxygens (including phenoxy) is 5. The number of fused-ring (bicyclic) bond motifs is 8. The molecule has 8 heterocycles. The van der Waals surface area contributed by atoms with Crippen LogP contribution >= 0.6 is 0 Å². The standard InChI is InChI=1S/C26H27N3O5.C20H18N2O4.C7H13NO/c1-2-28-11-23(26(31)29-18-12-32-14-19(29)15-33-13-18)24(30)22-9-21(10-27-25(22)28)34-20-7-16-5-3-4-6-17(16)8-20;1-2-22-11-17(20(24)25)18(23)16-9-15(10-21-19(16)22)26-14-7-12-5-3-4-6-13(12)8-14;1-2-6-4-9-5-7(3-1)8-6/h3-6,9-11,18-20H,2,7-8,12-15H2,1H3;3-6,9-11,14H,2,7-8H2,1H3,(H,24,25);6-8H,1-5H2. The van der Waals surface area contributed by atoms with Crippen molar-refractivity contribution in [2.75, 3.05) is 39.6 Å². The fourth-order valence-electron chi connectivity index (χ4n) is 10.6. The summed E-state index contributed by atoms with van der Waals surface area (Å²) in [7, 11) is 0. The number of carboxylic acid groups (broad SMARTS) is 1. The number of pyridine rings is 4. The van der Waals surface area contributed by atoms with E-state index in [4.69, 9.17) is 23.7 Å². The molecule has 2 unspecified atom stereocenters. The van der Waals surface area contributed by atoms with Gasteiger partial charge in [0.15, 0.2) is 0 Å². The fraction of sp³-hybridized carbons (Fsp3) is 0.434. The van der Waals surface area contributed by atoms with Gasteiger partial charge in [-0.2, -0.15) is 0 Å². The lowest BCUT2D eigenvalue weighted by molar-refractivity contribution is -0.119. The molecule has 6 aromatic rings. The Kier molecular flexibility index (Phi) is 13.6. The van der Waals surface area contributed by atoms with Crippen LogP contribution in [-0.2, 0) is 53.0 Å². The number of aromatic nitrogens is 4. The molecule has 16 heteroatoms. The number of rotatable bonds is 8. The van der Waals surface area contributed by atoms with Gasteiger partial charge in [0.05, 0.1) is 74.9 Å². The van der Waals surface area contributed by atoms with Gasteiger partial charge >= 0.3 is 5.97 Å². The van der Waals surface area contributed by atoms with Gasteiger partial charge in [-0.3, -0.25) is 14.4 Å². The van der Waals surface area contributed by atoms with Crippen LogP contribution in [0.5, 0.6) is 11.5 Å². The van der Waals surface area contributed by atoms with Gasteiger partial charge in [0.1, 0.15) is 46.1 Å². The highest BCUT2D eigenvalue weighted by molar-refractivity contribution is 5.97. The molecule has 4 saturated heterocycles. The molecule has 4 aliphatic heterocycles. The number of aromatic carboxylic acids is 1. The number of benzene rings is 2. The number of carboxylic acids is 1. The summed E-state index contributed by atoms with van der Waals surface area (Å²) in [5.41, 5.74) is 5.19. The minimum Gasteiger partial charge on any atom is -0.488 e. The van der Waals surface area contributed by atoms with Crippen LogP contribution in [-0.4, -0.2) is 117 Å². The molecular weight excluding hydrogens is 881 g/mol. The molecule has 69 heavy (non-hydrogen) atoms. The molecule has 1 amide bonds. The molecule has 4 aromatic heterocycles. The van der Waals surface area contributed by atoms with Gasteiger partial charge in [-0.1, -0.05) is 55.0 Å².